The Bertz CT molecular complexity index is 574. The van der Waals surface area contributed by atoms with Gasteiger partial charge in [0.25, 0.3) is 0 Å². The molecule has 20 heavy (non-hydrogen) atoms. The number of nitrogens with zero attached hydrogens (tertiary/aromatic N) is 2. The third-order valence-electron chi connectivity index (χ3n) is 3.68. The van der Waals surface area contributed by atoms with Crippen molar-refractivity contribution in [1.82, 2.24) is 15.1 Å². The van der Waals surface area contributed by atoms with Crippen LogP contribution in [0.15, 0.2) is 16.7 Å². The molecular formula is C15H22ClN3O. The van der Waals surface area contributed by atoms with E-state index in [1.165, 1.54) is 5.56 Å². The van der Waals surface area contributed by atoms with Crippen LogP contribution in [0.25, 0.3) is 0 Å². The largest absolute Gasteiger partial charge is 0.469 e. The van der Waals surface area contributed by atoms with Gasteiger partial charge in [0.15, 0.2) is 0 Å². The van der Waals surface area contributed by atoms with E-state index < -0.39 is 0 Å². The number of nitrogens with one attached hydrogen (secondary N) is 1. The first-order chi connectivity index (χ1) is 9.62. The normalized spacial score (nSPS) is 12.8. The molecule has 0 fully saturated rings. The van der Waals surface area contributed by atoms with E-state index in [0.717, 1.165) is 41.6 Å². The van der Waals surface area contributed by atoms with Gasteiger partial charge >= 0.3 is 0 Å². The van der Waals surface area contributed by atoms with Gasteiger partial charge in [-0.2, -0.15) is 5.10 Å². The molecule has 0 aliphatic carbocycles. The van der Waals surface area contributed by atoms with Gasteiger partial charge in [-0.1, -0.05) is 18.5 Å². The second kappa shape index (κ2) is 6.46. The Morgan fingerprint density at radius 3 is 2.80 bits per heavy atom. The van der Waals surface area contributed by atoms with Crippen molar-refractivity contribution in [1.29, 1.82) is 0 Å². The Labute approximate surface area is 125 Å². The molecule has 0 amide bonds. The standard InChI is InChI=1S/C15H22ClN3O/c1-5-14-11(7-8-20-14)12(17-4)9-13-15(16)10(3)18-19(13)6-2/h7-8,12,17H,5-6,9H2,1-4H3. The van der Waals surface area contributed by atoms with Crippen molar-refractivity contribution < 1.29 is 4.42 Å². The molecule has 0 aliphatic heterocycles. The molecule has 1 unspecified atom stereocenters. The summed E-state index contributed by atoms with van der Waals surface area (Å²) in [6.45, 7) is 6.95. The molecule has 0 bridgehead atoms. The molecule has 0 saturated carbocycles. The van der Waals surface area contributed by atoms with E-state index in [1.807, 2.05) is 24.7 Å². The van der Waals surface area contributed by atoms with Crippen molar-refractivity contribution in [2.45, 2.75) is 46.2 Å². The van der Waals surface area contributed by atoms with Gasteiger partial charge in [0.2, 0.25) is 0 Å². The quantitative estimate of drug-likeness (QED) is 0.886. The molecule has 2 rings (SSSR count). The maximum atomic E-state index is 6.39. The lowest BCUT2D eigenvalue weighted by Crippen LogP contribution is -2.21. The third kappa shape index (κ3) is 2.76. The molecule has 2 aromatic heterocycles. The Hall–Kier alpha value is -1.26. The summed E-state index contributed by atoms with van der Waals surface area (Å²) >= 11 is 6.39. The van der Waals surface area contributed by atoms with Gasteiger partial charge in [-0.05, 0) is 27.0 Å². The van der Waals surface area contributed by atoms with Gasteiger partial charge in [0.1, 0.15) is 5.76 Å². The van der Waals surface area contributed by atoms with Gasteiger partial charge in [-0.25, -0.2) is 0 Å². The number of hydrogen-bond acceptors (Lipinski definition) is 3. The Morgan fingerprint density at radius 2 is 2.20 bits per heavy atom. The molecular weight excluding hydrogens is 274 g/mol. The summed E-state index contributed by atoms with van der Waals surface area (Å²) < 4.78 is 7.51. The van der Waals surface area contributed by atoms with Crippen LogP contribution < -0.4 is 5.32 Å². The highest BCUT2D eigenvalue weighted by molar-refractivity contribution is 6.31. The van der Waals surface area contributed by atoms with Gasteiger partial charge in [-0.3, -0.25) is 4.68 Å². The first kappa shape index (κ1) is 15.1. The first-order valence-electron chi connectivity index (χ1n) is 7.07. The molecule has 0 saturated heterocycles. The van der Waals surface area contributed by atoms with Gasteiger partial charge < -0.3 is 9.73 Å². The average molecular weight is 296 g/mol. The van der Waals surface area contributed by atoms with E-state index in [2.05, 4.69) is 24.3 Å². The lowest BCUT2D eigenvalue weighted by molar-refractivity contribution is 0.488. The number of aryl methyl sites for hydroxylation is 3. The predicted molar refractivity (Wildman–Crippen MR) is 81.2 cm³/mol. The summed E-state index contributed by atoms with van der Waals surface area (Å²) in [5.41, 5.74) is 3.17. The van der Waals surface area contributed by atoms with Crippen LogP contribution in [-0.2, 0) is 19.4 Å². The SMILES string of the molecule is CCc1occc1C(Cc1c(Cl)c(C)nn1CC)NC. The lowest BCUT2D eigenvalue weighted by atomic mass is 10.0. The summed E-state index contributed by atoms with van der Waals surface area (Å²) in [6.07, 6.45) is 3.44. The second-order valence-electron chi connectivity index (χ2n) is 4.86. The Kier molecular flexibility index (Phi) is 4.89. The van der Waals surface area contributed by atoms with Crippen LogP contribution in [0, 0.1) is 6.92 Å². The predicted octanol–water partition coefficient (Wildman–Crippen LogP) is 3.52. The zero-order valence-electron chi connectivity index (χ0n) is 12.5. The van der Waals surface area contributed by atoms with Crippen LogP contribution in [0.2, 0.25) is 5.02 Å². The fourth-order valence-electron chi connectivity index (χ4n) is 2.57. The smallest absolute Gasteiger partial charge is 0.108 e. The summed E-state index contributed by atoms with van der Waals surface area (Å²) in [5, 5.41) is 8.60. The minimum absolute atomic E-state index is 0.183. The highest BCUT2D eigenvalue weighted by Gasteiger charge is 2.21. The van der Waals surface area contributed by atoms with E-state index in [-0.39, 0.29) is 6.04 Å². The van der Waals surface area contributed by atoms with Gasteiger partial charge in [0, 0.05) is 31.0 Å². The molecule has 0 radical (unpaired) electrons. The van der Waals surface area contributed by atoms with Crippen LogP contribution in [0.4, 0.5) is 0 Å². The molecule has 1 atom stereocenters. The minimum atomic E-state index is 0.183. The first-order valence-corrected chi connectivity index (χ1v) is 7.45. The van der Waals surface area contributed by atoms with E-state index in [1.54, 1.807) is 6.26 Å². The fraction of sp³-hybridized carbons (Fsp3) is 0.533. The van der Waals surface area contributed by atoms with E-state index in [4.69, 9.17) is 16.0 Å². The molecule has 0 spiro atoms. The molecule has 110 valence electrons. The molecule has 4 nitrogen and oxygen atoms in total. The monoisotopic (exact) mass is 295 g/mol. The number of hydrogen-bond donors (Lipinski definition) is 1. The van der Waals surface area contributed by atoms with Crippen molar-refractivity contribution >= 4 is 11.6 Å². The molecule has 2 aromatic rings. The van der Waals surface area contributed by atoms with E-state index in [0.29, 0.717) is 0 Å². The lowest BCUT2D eigenvalue weighted by Gasteiger charge is -2.17. The van der Waals surface area contributed by atoms with Gasteiger partial charge in [0.05, 0.1) is 22.7 Å². The summed E-state index contributed by atoms with van der Waals surface area (Å²) in [5.74, 6) is 1.03. The molecule has 1 N–H and O–H groups in total. The van der Waals surface area contributed by atoms with Crippen molar-refractivity contribution in [2.75, 3.05) is 7.05 Å². The number of likely N-dealkylation sites (N-methyl/N-ethyl adjacent to an activating group) is 1. The molecule has 0 aliphatic rings. The number of halogens is 1. The summed E-state index contributed by atoms with van der Waals surface area (Å²) in [4.78, 5) is 0. The maximum absolute atomic E-state index is 6.39. The minimum Gasteiger partial charge on any atom is -0.469 e. The Morgan fingerprint density at radius 1 is 1.45 bits per heavy atom. The van der Waals surface area contributed by atoms with Crippen LogP contribution in [0.3, 0.4) is 0 Å². The van der Waals surface area contributed by atoms with Crippen molar-refractivity contribution in [3.05, 3.63) is 40.1 Å². The third-order valence-corrected chi connectivity index (χ3v) is 4.17. The average Bonchev–Trinajstić information content (AvgIpc) is 3.03. The van der Waals surface area contributed by atoms with Crippen LogP contribution >= 0.6 is 11.6 Å². The zero-order valence-corrected chi connectivity index (χ0v) is 13.3. The zero-order chi connectivity index (χ0) is 14.7. The van der Waals surface area contributed by atoms with Crippen LogP contribution in [0.1, 0.15) is 42.6 Å². The van der Waals surface area contributed by atoms with Gasteiger partial charge in [-0.15, -0.1) is 0 Å². The molecule has 2 heterocycles. The maximum Gasteiger partial charge on any atom is 0.108 e. The Balaban J connectivity index is 2.31. The summed E-state index contributed by atoms with van der Waals surface area (Å²) in [6, 6.07) is 2.22. The van der Waals surface area contributed by atoms with E-state index in [9.17, 15) is 0 Å². The molecule has 0 aromatic carbocycles. The fourth-order valence-corrected chi connectivity index (χ4v) is 2.79. The molecule has 5 heteroatoms. The topological polar surface area (TPSA) is 43.0 Å². The highest BCUT2D eigenvalue weighted by Crippen LogP contribution is 2.28. The van der Waals surface area contributed by atoms with Crippen LogP contribution in [-0.4, -0.2) is 16.8 Å². The van der Waals surface area contributed by atoms with E-state index >= 15 is 0 Å². The highest BCUT2D eigenvalue weighted by atomic mass is 35.5. The number of furan rings is 1. The summed E-state index contributed by atoms with van der Waals surface area (Å²) in [7, 11) is 1.96. The van der Waals surface area contributed by atoms with Crippen LogP contribution in [0.5, 0.6) is 0 Å². The number of rotatable bonds is 6. The second-order valence-corrected chi connectivity index (χ2v) is 5.24. The number of aromatic nitrogens is 2. The van der Waals surface area contributed by atoms with Crippen molar-refractivity contribution in [3.63, 3.8) is 0 Å². The van der Waals surface area contributed by atoms with Crippen molar-refractivity contribution in [2.24, 2.45) is 0 Å². The van der Waals surface area contributed by atoms with Crippen molar-refractivity contribution in [3.8, 4) is 0 Å².